The number of benzene rings is 3. The van der Waals surface area contributed by atoms with Crippen LogP contribution in [0, 0.1) is 0 Å². The summed E-state index contributed by atoms with van der Waals surface area (Å²) in [5, 5.41) is 0.464. The maximum Gasteiger partial charge on any atom is 0.252 e. The molecule has 0 aromatic heterocycles. The number of imide groups is 1. The Bertz CT molecular complexity index is 1280. The third kappa shape index (κ3) is 4.84. The largest absolute Gasteiger partial charge is 0.497 e. The van der Waals surface area contributed by atoms with Crippen LogP contribution in [-0.2, 0) is 26.0 Å². The number of carbonyl (C=O) groups excluding carboxylic acids is 2. The van der Waals surface area contributed by atoms with E-state index in [1.54, 1.807) is 36.4 Å². The first-order valence-corrected chi connectivity index (χ1v) is 12.5. The van der Waals surface area contributed by atoms with Crippen LogP contribution in [0.25, 0.3) is 0 Å². The van der Waals surface area contributed by atoms with Crippen molar-refractivity contribution in [1.29, 1.82) is 0 Å². The van der Waals surface area contributed by atoms with Gasteiger partial charge in [0.05, 0.1) is 24.1 Å². The minimum absolute atomic E-state index is 0.0200. The zero-order valence-corrected chi connectivity index (χ0v) is 20.0. The molecule has 2 amide bonds. The highest BCUT2D eigenvalue weighted by Crippen LogP contribution is 2.30. The number of hydrogen-bond donors (Lipinski definition) is 0. The van der Waals surface area contributed by atoms with E-state index in [4.69, 9.17) is 16.3 Å². The monoisotopic (exact) mass is 498 g/mol. The SMILES string of the molecule is COc1ccc(S(=O)(=O)N(CCc2ccccc2)C2CC(=O)N(c3ccc(Cl)cc3)C2=O)cc1. The molecule has 1 unspecified atom stereocenters. The van der Waals surface area contributed by atoms with Crippen molar-refractivity contribution < 1.29 is 22.7 Å². The van der Waals surface area contributed by atoms with Crippen molar-refractivity contribution >= 4 is 39.1 Å². The van der Waals surface area contributed by atoms with E-state index in [0.29, 0.717) is 22.9 Å². The van der Waals surface area contributed by atoms with Crippen LogP contribution in [0.5, 0.6) is 5.75 Å². The summed E-state index contributed by atoms with van der Waals surface area (Å²) in [6.45, 7) is 0.0382. The molecule has 3 aromatic rings. The Labute approximate surface area is 203 Å². The van der Waals surface area contributed by atoms with E-state index in [-0.39, 0.29) is 17.9 Å². The molecule has 3 aromatic carbocycles. The standard InChI is InChI=1S/C25H23ClN2O5S/c1-33-21-11-13-22(14-12-21)34(31,32)27(16-15-18-5-3-2-4-6-18)23-17-24(29)28(25(23)30)20-9-7-19(26)8-10-20/h2-14,23H,15-17H2,1H3. The van der Waals surface area contributed by atoms with Crippen LogP contribution in [0.3, 0.4) is 0 Å². The molecule has 1 aliphatic rings. The molecule has 0 saturated carbocycles. The molecule has 0 bridgehead atoms. The third-order valence-corrected chi connectivity index (χ3v) is 7.86. The molecular weight excluding hydrogens is 476 g/mol. The van der Waals surface area contributed by atoms with Gasteiger partial charge < -0.3 is 4.74 Å². The Kier molecular flexibility index (Phi) is 7.02. The second-order valence-electron chi connectivity index (χ2n) is 7.79. The Balaban J connectivity index is 1.69. The summed E-state index contributed by atoms with van der Waals surface area (Å²) in [7, 11) is -2.60. The lowest BCUT2D eigenvalue weighted by atomic mass is 10.1. The number of ether oxygens (including phenoxy) is 1. The van der Waals surface area contributed by atoms with Crippen molar-refractivity contribution in [3.05, 3.63) is 89.4 Å². The number of hydrogen-bond acceptors (Lipinski definition) is 5. The van der Waals surface area contributed by atoms with Crippen LogP contribution in [0.2, 0.25) is 5.02 Å². The summed E-state index contributed by atoms with van der Waals surface area (Å²) in [6, 6.07) is 20.5. The molecule has 0 radical (unpaired) electrons. The molecule has 1 aliphatic heterocycles. The van der Waals surface area contributed by atoms with Crippen LogP contribution in [-0.4, -0.2) is 44.2 Å². The first kappa shape index (κ1) is 23.9. The predicted octanol–water partition coefficient (Wildman–Crippen LogP) is 3.91. The Hall–Kier alpha value is -3.20. The fourth-order valence-electron chi connectivity index (χ4n) is 3.91. The fourth-order valence-corrected chi connectivity index (χ4v) is 5.62. The number of amides is 2. The lowest BCUT2D eigenvalue weighted by Gasteiger charge is -2.27. The first-order chi connectivity index (χ1) is 16.3. The van der Waals surface area contributed by atoms with E-state index >= 15 is 0 Å². The molecule has 34 heavy (non-hydrogen) atoms. The highest BCUT2D eigenvalue weighted by Gasteiger charge is 2.46. The van der Waals surface area contributed by atoms with Gasteiger partial charge in [-0.15, -0.1) is 0 Å². The minimum Gasteiger partial charge on any atom is -0.497 e. The van der Waals surface area contributed by atoms with E-state index < -0.39 is 27.9 Å². The molecule has 0 spiro atoms. The van der Waals surface area contributed by atoms with Crippen molar-refractivity contribution in [2.45, 2.75) is 23.8 Å². The number of anilines is 1. The molecule has 9 heteroatoms. The van der Waals surface area contributed by atoms with Crippen molar-refractivity contribution in [2.75, 3.05) is 18.6 Å². The van der Waals surface area contributed by atoms with Gasteiger partial charge in [0.15, 0.2) is 0 Å². The van der Waals surface area contributed by atoms with Crippen molar-refractivity contribution in [3.63, 3.8) is 0 Å². The zero-order chi connectivity index (χ0) is 24.3. The number of methoxy groups -OCH3 is 1. The summed E-state index contributed by atoms with van der Waals surface area (Å²) >= 11 is 5.93. The maximum atomic E-state index is 13.7. The molecule has 7 nitrogen and oxygen atoms in total. The number of nitrogens with zero attached hydrogens (tertiary/aromatic N) is 2. The van der Waals surface area contributed by atoms with Crippen LogP contribution >= 0.6 is 11.6 Å². The van der Waals surface area contributed by atoms with Gasteiger partial charge in [0.2, 0.25) is 15.9 Å². The maximum absolute atomic E-state index is 13.7. The normalized spacial score (nSPS) is 16.3. The van der Waals surface area contributed by atoms with Crippen molar-refractivity contribution in [1.82, 2.24) is 4.31 Å². The second kappa shape index (κ2) is 9.97. The Morgan fingerprint density at radius 1 is 0.971 bits per heavy atom. The Morgan fingerprint density at radius 3 is 2.24 bits per heavy atom. The summed E-state index contributed by atoms with van der Waals surface area (Å²) < 4.78 is 33.6. The summed E-state index contributed by atoms with van der Waals surface area (Å²) in [6.07, 6.45) is 0.140. The number of carbonyl (C=O) groups is 2. The highest BCUT2D eigenvalue weighted by atomic mass is 35.5. The van der Waals surface area contributed by atoms with E-state index in [0.717, 1.165) is 14.8 Å². The number of halogens is 1. The van der Waals surface area contributed by atoms with E-state index in [2.05, 4.69) is 0 Å². The lowest BCUT2D eigenvalue weighted by Crippen LogP contribution is -2.46. The molecule has 1 heterocycles. The predicted molar refractivity (Wildman–Crippen MR) is 129 cm³/mol. The van der Waals surface area contributed by atoms with Gasteiger partial charge in [-0.3, -0.25) is 9.59 Å². The van der Waals surface area contributed by atoms with Crippen molar-refractivity contribution in [3.8, 4) is 5.75 Å². The molecule has 1 fully saturated rings. The molecule has 176 valence electrons. The molecule has 1 saturated heterocycles. The summed E-state index contributed by atoms with van der Waals surface area (Å²) in [5.74, 6) is -0.541. The lowest BCUT2D eigenvalue weighted by molar-refractivity contribution is -0.122. The molecular formula is C25H23ClN2O5S. The first-order valence-electron chi connectivity index (χ1n) is 10.6. The van der Waals surface area contributed by atoms with Gasteiger partial charge in [-0.25, -0.2) is 13.3 Å². The number of rotatable bonds is 8. The quantitative estimate of drug-likeness (QED) is 0.440. The highest BCUT2D eigenvalue weighted by molar-refractivity contribution is 7.89. The van der Waals surface area contributed by atoms with E-state index in [9.17, 15) is 18.0 Å². The van der Waals surface area contributed by atoms with Gasteiger partial charge in [0.1, 0.15) is 11.8 Å². The topological polar surface area (TPSA) is 84.0 Å². The van der Waals surface area contributed by atoms with Gasteiger partial charge in [-0.1, -0.05) is 41.9 Å². The van der Waals surface area contributed by atoms with Gasteiger partial charge in [0.25, 0.3) is 5.91 Å². The smallest absolute Gasteiger partial charge is 0.252 e. The summed E-state index contributed by atoms with van der Waals surface area (Å²) in [4.78, 5) is 27.3. The van der Waals surface area contributed by atoms with Gasteiger partial charge >= 0.3 is 0 Å². The average Bonchev–Trinajstić information content (AvgIpc) is 3.13. The van der Waals surface area contributed by atoms with Gasteiger partial charge in [0, 0.05) is 11.6 Å². The van der Waals surface area contributed by atoms with E-state index in [1.807, 2.05) is 30.3 Å². The third-order valence-electron chi connectivity index (χ3n) is 5.68. The van der Waals surface area contributed by atoms with Gasteiger partial charge in [-0.05, 0) is 60.5 Å². The molecule has 0 aliphatic carbocycles. The molecule has 4 rings (SSSR count). The van der Waals surface area contributed by atoms with Gasteiger partial charge in [-0.2, -0.15) is 4.31 Å². The molecule has 1 atom stereocenters. The summed E-state index contributed by atoms with van der Waals surface area (Å²) in [5.41, 5.74) is 1.27. The average molecular weight is 499 g/mol. The van der Waals surface area contributed by atoms with Crippen LogP contribution in [0.4, 0.5) is 5.69 Å². The zero-order valence-electron chi connectivity index (χ0n) is 18.4. The Morgan fingerprint density at radius 2 is 1.62 bits per heavy atom. The van der Waals surface area contributed by atoms with Crippen LogP contribution in [0.1, 0.15) is 12.0 Å². The number of sulfonamides is 1. The molecule has 0 N–H and O–H groups in total. The van der Waals surface area contributed by atoms with Crippen LogP contribution < -0.4 is 9.64 Å². The minimum atomic E-state index is -4.09. The van der Waals surface area contributed by atoms with Crippen LogP contribution in [0.15, 0.2) is 83.8 Å². The van der Waals surface area contributed by atoms with E-state index in [1.165, 1.54) is 19.2 Å². The van der Waals surface area contributed by atoms with Crippen molar-refractivity contribution in [2.24, 2.45) is 0 Å². The second-order valence-corrected chi connectivity index (χ2v) is 10.1. The fraction of sp³-hybridized carbons (Fsp3) is 0.200.